The first kappa shape index (κ1) is 28.3. The van der Waals surface area contributed by atoms with Crippen LogP contribution in [-0.4, -0.2) is 70.3 Å². The summed E-state index contributed by atoms with van der Waals surface area (Å²) in [5.41, 5.74) is -0.308. The highest BCUT2D eigenvalue weighted by Gasteiger charge is 2.38. The monoisotopic (exact) mass is 544 g/mol. The minimum Gasteiger partial charge on any atom is -0.494 e. The Morgan fingerprint density at radius 2 is 1.82 bits per heavy atom. The molecule has 2 aromatic rings. The van der Waals surface area contributed by atoms with Crippen LogP contribution in [0.2, 0.25) is 0 Å². The Morgan fingerprint density at radius 3 is 2.49 bits per heavy atom. The molecule has 1 amide bonds. The number of halogens is 1. The van der Waals surface area contributed by atoms with Gasteiger partial charge in [-0.1, -0.05) is 19.3 Å². The third-order valence-electron chi connectivity index (χ3n) is 6.79. The van der Waals surface area contributed by atoms with Gasteiger partial charge in [0.05, 0.1) is 7.11 Å². The van der Waals surface area contributed by atoms with Gasteiger partial charge in [0.15, 0.2) is 11.6 Å². The Morgan fingerprint density at radius 1 is 1.08 bits per heavy atom. The van der Waals surface area contributed by atoms with Gasteiger partial charge in [-0.05, 0) is 58.6 Å². The maximum absolute atomic E-state index is 14.3. The van der Waals surface area contributed by atoms with Gasteiger partial charge in [0, 0.05) is 31.4 Å². The Bertz CT molecular complexity index is 1180. The molecular weight excluding hydrogens is 507 g/mol. The van der Waals surface area contributed by atoms with Crippen molar-refractivity contribution in [2.24, 2.45) is 0 Å². The molecule has 12 heteroatoms. The van der Waals surface area contributed by atoms with E-state index in [1.807, 2.05) is 11.9 Å². The topological polar surface area (TPSA) is 119 Å². The van der Waals surface area contributed by atoms with E-state index >= 15 is 0 Å². The zero-order valence-electron chi connectivity index (χ0n) is 23.2. The van der Waals surface area contributed by atoms with E-state index in [-0.39, 0.29) is 23.8 Å². The molecule has 2 heterocycles. The van der Waals surface area contributed by atoms with Crippen LogP contribution in [-0.2, 0) is 9.53 Å². The van der Waals surface area contributed by atoms with Crippen LogP contribution in [0.1, 0.15) is 65.7 Å². The van der Waals surface area contributed by atoms with E-state index in [9.17, 15) is 14.0 Å². The number of esters is 1. The van der Waals surface area contributed by atoms with Crippen molar-refractivity contribution in [1.29, 1.82) is 0 Å². The van der Waals surface area contributed by atoms with Crippen LogP contribution in [0.4, 0.5) is 26.8 Å². The Labute approximate surface area is 228 Å². The molecule has 212 valence electrons. The minimum atomic E-state index is -0.816. The zero-order chi connectivity index (χ0) is 28.2. The number of hydrogen-bond donors (Lipinski definition) is 1. The third-order valence-corrected chi connectivity index (χ3v) is 6.79. The largest absolute Gasteiger partial charge is 0.494 e. The van der Waals surface area contributed by atoms with Crippen molar-refractivity contribution in [3.8, 4) is 11.8 Å². The van der Waals surface area contributed by atoms with E-state index in [0.717, 1.165) is 25.7 Å². The van der Waals surface area contributed by atoms with Crippen LogP contribution in [0.5, 0.6) is 11.8 Å². The van der Waals surface area contributed by atoms with Crippen molar-refractivity contribution in [1.82, 2.24) is 19.9 Å². The summed E-state index contributed by atoms with van der Waals surface area (Å²) < 4.78 is 30.4. The van der Waals surface area contributed by atoms with Crippen molar-refractivity contribution >= 4 is 29.6 Å². The van der Waals surface area contributed by atoms with Gasteiger partial charge in [-0.2, -0.15) is 15.0 Å². The SMILES string of the molecule is COc1ccc(Nc2nc(OC(=O)C3CCCN3C(=O)OC(C)(C)C)nc(N(C)C3CCCCC3)n2)cc1F. The lowest BCUT2D eigenvalue weighted by Gasteiger charge is -2.31. The second kappa shape index (κ2) is 12.0. The van der Waals surface area contributed by atoms with E-state index in [1.165, 1.54) is 30.6 Å². The maximum atomic E-state index is 14.3. The van der Waals surface area contributed by atoms with Crippen LogP contribution >= 0.6 is 0 Å². The molecule has 4 rings (SSSR count). The number of carbonyl (C=O) groups is 2. The van der Waals surface area contributed by atoms with E-state index in [1.54, 1.807) is 26.8 Å². The van der Waals surface area contributed by atoms with Crippen LogP contribution in [0.3, 0.4) is 0 Å². The number of nitrogens with zero attached hydrogens (tertiary/aromatic N) is 5. The van der Waals surface area contributed by atoms with E-state index in [0.29, 0.717) is 31.0 Å². The number of amides is 1. The number of benzene rings is 1. The molecule has 11 nitrogen and oxygen atoms in total. The number of methoxy groups -OCH3 is 1. The van der Waals surface area contributed by atoms with Crippen molar-refractivity contribution in [3.63, 3.8) is 0 Å². The standard InChI is InChI=1S/C27H37FN6O5/c1-27(2,3)39-26(36)34-15-9-12-20(34)22(35)38-25-31-23(29-17-13-14-21(37-5)19(28)16-17)30-24(32-25)33(4)18-10-7-6-8-11-18/h13-14,16,18,20H,6-12,15H2,1-5H3,(H,29,30,31,32). The van der Waals surface area contributed by atoms with Crippen molar-refractivity contribution in [3.05, 3.63) is 24.0 Å². The van der Waals surface area contributed by atoms with E-state index in [4.69, 9.17) is 14.2 Å². The summed E-state index contributed by atoms with van der Waals surface area (Å²) in [6.45, 7) is 5.70. The Kier molecular flexibility index (Phi) is 8.71. The van der Waals surface area contributed by atoms with Gasteiger partial charge in [-0.15, -0.1) is 0 Å². The Balaban J connectivity index is 1.58. The molecule has 1 aromatic heterocycles. The quantitative estimate of drug-likeness (QED) is 0.485. The lowest BCUT2D eigenvalue weighted by atomic mass is 9.95. The normalized spacial score (nSPS) is 18.0. The number of ether oxygens (including phenoxy) is 3. The molecule has 0 radical (unpaired) electrons. The molecule has 1 unspecified atom stereocenters. The summed E-state index contributed by atoms with van der Waals surface area (Å²) in [4.78, 5) is 42.4. The van der Waals surface area contributed by atoms with Gasteiger partial charge in [-0.3, -0.25) is 4.90 Å². The van der Waals surface area contributed by atoms with Crippen LogP contribution in [0.25, 0.3) is 0 Å². The van der Waals surface area contributed by atoms with Gasteiger partial charge in [0.25, 0.3) is 0 Å². The summed E-state index contributed by atoms with van der Waals surface area (Å²) in [6.07, 6.45) is 5.92. The van der Waals surface area contributed by atoms with Crippen LogP contribution in [0.15, 0.2) is 18.2 Å². The van der Waals surface area contributed by atoms with Gasteiger partial charge in [0.2, 0.25) is 11.9 Å². The highest BCUT2D eigenvalue weighted by molar-refractivity contribution is 5.83. The number of likely N-dealkylation sites (tertiary alicyclic amines) is 1. The second-order valence-corrected chi connectivity index (χ2v) is 10.9. The molecule has 1 atom stereocenters. The fourth-order valence-electron chi connectivity index (χ4n) is 4.82. The predicted octanol–water partition coefficient (Wildman–Crippen LogP) is 4.84. The number of anilines is 3. The van der Waals surface area contributed by atoms with Gasteiger partial charge >= 0.3 is 18.1 Å². The second-order valence-electron chi connectivity index (χ2n) is 10.9. The first-order valence-corrected chi connectivity index (χ1v) is 13.3. The fraction of sp³-hybridized carbons (Fsp3) is 0.593. The van der Waals surface area contributed by atoms with Crippen molar-refractivity contribution in [2.45, 2.75) is 83.4 Å². The first-order chi connectivity index (χ1) is 18.5. The summed E-state index contributed by atoms with van der Waals surface area (Å²) in [6, 6.07) is 3.58. The van der Waals surface area contributed by atoms with Crippen LogP contribution < -0.4 is 19.7 Å². The average molecular weight is 545 g/mol. The van der Waals surface area contributed by atoms with Crippen LogP contribution in [0, 0.1) is 5.82 Å². The van der Waals surface area contributed by atoms with Crippen molar-refractivity contribution < 1.29 is 28.2 Å². The van der Waals surface area contributed by atoms with Gasteiger partial charge < -0.3 is 24.4 Å². The molecule has 39 heavy (non-hydrogen) atoms. The first-order valence-electron chi connectivity index (χ1n) is 13.3. The average Bonchev–Trinajstić information content (AvgIpc) is 3.38. The third kappa shape index (κ3) is 7.24. The molecule has 1 saturated carbocycles. The maximum Gasteiger partial charge on any atom is 0.411 e. The van der Waals surface area contributed by atoms with E-state index < -0.39 is 29.5 Å². The number of nitrogens with one attached hydrogen (secondary N) is 1. The zero-order valence-corrected chi connectivity index (χ0v) is 23.2. The number of carbonyl (C=O) groups excluding carboxylic acids is 2. The number of hydrogen-bond acceptors (Lipinski definition) is 10. The highest BCUT2D eigenvalue weighted by atomic mass is 19.1. The summed E-state index contributed by atoms with van der Waals surface area (Å²) in [5.74, 6) is -0.685. The van der Waals surface area contributed by atoms with E-state index in [2.05, 4.69) is 20.3 Å². The lowest BCUT2D eigenvalue weighted by molar-refractivity contribution is -0.139. The molecule has 1 aliphatic carbocycles. The summed E-state index contributed by atoms with van der Waals surface area (Å²) >= 11 is 0. The highest BCUT2D eigenvalue weighted by Crippen LogP contribution is 2.28. The molecule has 1 aliphatic heterocycles. The number of aromatic nitrogens is 3. The molecule has 0 spiro atoms. The Hall–Kier alpha value is -3.70. The molecule has 1 N–H and O–H groups in total. The molecule has 1 aromatic carbocycles. The smallest absolute Gasteiger partial charge is 0.411 e. The molecular formula is C27H37FN6O5. The molecule has 2 fully saturated rings. The summed E-state index contributed by atoms with van der Waals surface area (Å²) in [5, 5.41) is 2.97. The van der Waals surface area contributed by atoms with Gasteiger partial charge in [-0.25, -0.2) is 14.0 Å². The lowest BCUT2D eigenvalue weighted by Crippen LogP contribution is -2.45. The minimum absolute atomic E-state index is 0.0884. The molecule has 1 saturated heterocycles. The molecule has 0 bridgehead atoms. The predicted molar refractivity (Wildman–Crippen MR) is 143 cm³/mol. The number of rotatable bonds is 7. The molecule has 2 aliphatic rings. The summed E-state index contributed by atoms with van der Waals surface area (Å²) in [7, 11) is 3.29. The van der Waals surface area contributed by atoms with Crippen molar-refractivity contribution in [2.75, 3.05) is 30.9 Å². The fourth-order valence-corrected chi connectivity index (χ4v) is 4.82. The van der Waals surface area contributed by atoms with Gasteiger partial charge in [0.1, 0.15) is 11.6 Å².